The second kappa shape index (κ2) is 8.28. The van der Waals surface area contributed by atoms with Gasteiger partial charge in [-0.3, -0.25) is 19.6 Å². The van der Waals surface area contributed by atoms with Crippen LogP contribution in [-0.4, -0.2) is 30.4 Å². The molecule has 2 atom stereocenters. The molecule has 9 heteroatoms. The van der Waals surface area contributed by atoms with Crippen LogP contribution in [0.4, 0.5) is 5.69 Å². The molecule has 0 aliphatic heterocycles. The average molecular weight is 489 g/mol. The van der Waals surface area contributed by atoms with Gasteiger partial charge in [-0.2, -0.15) is 10.2 Å². The van der Waals surface area contributed by atoms with Crippen molar-refractivity contribution in [2.45, 2.75) is 70.9 Å². The van der Waals surface area contributed by atoms with Crippen LogP contribution in [0, 0.1) is 41.2 Å². The molecule has 2 aromatic heterocycles. The molecule has 4 bridgehead atoms. The molecule has 4 saturated carbocycles. The van der Waals surface area contributed by atoms with Crippen molar-refractivity contribution in [2.24, 2.45) is 17.3 Å². The summed E-state index contributed by atoms with van der Waals surface area (Å²) in [6.07, 6.45) is 9.64. The number of amides is 1. The van der Waals surface area contributed by atoms with Crippen LogP contribution in [0.1, 0.15) is 61.9 Å². The second-order valence-electron chi connectivity index (χ2n) is 11.4. The van der Waals surface area contributed by atoms with E-state index in [-0.39, 0.29) is 27.5 Å². The lowest BCUT2D eigenvalue weighted by atomic mass is 9.46. The molecule has 1 N–H and O–H groups in total. The fraction of sp³-hybridized carbons (Fsp3) is 0.519. The number of nitrogens with one attached hydrogen (secondary N) is 1. The van der Waals surface area contributed by atoms with E-state index in [1.54, 1.807) is 6.20 Å². The molecular weight excluding hydrogens is 456 g/mol. The van der Waals surface area contributed by atoms with Gasteiger partial charge in [-0.1, -0.05) is 18.2 Å². The van der Waals surface area contributed by atoms with Crippen LogP contribution in [0.3, 0.4) is 0 Å². The summed E-state index contributed by atoms with van der Waals surface area (Å²) in [6.45, 7) is 4.49. The van der Waals surface area contributed by atoms with Crippen LogP contribution in [0.5, 0.6) is 0 Å². The summed E-state index contributed by atoms with van der Waals surface area (Å²) in [5.41, 5.74) is 3.79. The van der Waals surface area contributed by atoms with Crippen molar-refractivity contribution in [3.8, 4) is 5.69 Å². The van der Waals surface area contributed by atoms with E-state index in [2.05, 4.69) is 10.4 Å². The van der Waals surface area contributed by atoms with Gasteiger partial charge in [0.2, 0.25) is 5.91 Å². The summed E-state index contributed by atoms with van der Waals surface area (Å²) < 4.78 is 3.79. The monoisotopic (exact) mass is 488 g/mol. The van der Waals surface area contributed by atoms with Crippen molar-refractivity contribution < 1.29 is 9.72 Å². The number of hydrogen-bond donors (Lipinski definition) is 1. The first-order chi connectivity index (χ1) is 17.3. The van der Waals surface area contributed by atoms with Gasteiger partial charge in [0.15, 0.2) is 0 Å². The molecule has 4 aliphatic rings. The highest BCUT2D eigenvalue weighted by molar-refractivity contribution is 5.77. The van der Waals surface area contributed by atoms with E-state index in [1.165, 1.54) is 12.6 Å². The van der Waals surface area contributed by atoms with Gasteiger partial charge in [-0.05, 0) is 81.8 Å². The van der Waals surface area contributed by atoms with Crippen LogP contribution >= 0.6 is 0 Å². The molecule has 0 saturated heterocycles. The predicted molar refractivity (Wildman–Crippen MR) is 133 cm³/mol. The van der Waals surface area contributed by atoms with E-state index in [0.29, 0.717) is 24.8 Å². The Hall–Kier alpha value is -3.49. The summed E-state index contributed by atoms with van der Waals surface area (Å²) in [5.74, 6) is 1.18. The Morgan fingerprint density at radius 1 is 1.17 bits per heavy atom. The largest absolute Gasteiger partial charge is 0.352 e. The Bertz CT molecular complexity index is 1310. The molecule has 1 amide bonds. The summed E-state index contributed by atoms with van der Waals surface area (Å²) in [5, 5.41) is 23.6. The number of para-hydroxylation sites is 1. The number of nitrogens with zero attached hydrogens (tertiary/aromatic N) is 5. The first-order valence-corrected chi connectivity index (χ1v) is 12.8. The number of nitro groups is 1. The van der Waals surface area contributed by atoms with Crippen molar-refractivity contribution >= 4 is 11.6 Å². The fourth-order valence-electron chi connectivity index (χ4n) is 7.89. The van der Waals surface area contributed by atoms with Gasteiger partial charge in [-0.15, -0.1) is 0 Å². The van der Waals surface area contributed by atoms with E-state index in [1.807, 2.05) is 53.5 Å². The summed E-state index contributed by atoms with van der Waals surface area (Å²) in [6, 6.07) is 10.0. The quantitative estimate of drug-likeness (QED) is 0.386. The van der Waals surface area contributed by atoms with E-state index < -0.39 is 0 Å². The lowest BCUT2D eigenvalue weighted by molar-refractivity contribution is -0.385. The number of benzene rings is 1. The third-order valence-electron chi connectivity index (χ3n) is 8.86. The van der Waals surface area contributed by atoms with Gasteiger partial charge in [0, 0.05) is 24.2 Å². The zero-order valence-electron chi connectivity index (χ0n) is 20.8. The number of rotatable bonds is 7. The minimum absolute atomic E-state index is 0.0410. The predicted octanol–water partition coefficient (Wildman–Crippen LogP) is 4.60. The molecule has 4 fully saturated rings. The van der Waals surface area contributed by atoms with E-state index in [4.69, 9.17) is 5.10 Å². The smallest absolute Gasteiger partial charge is 0.307 e. The first-order valence-electron chi connectivity index (χ1n) is 12.8. The van der Waals surface area contributed by atoms with Gasteiger partial charge in [0.25, 0.3) is 0 Å². The third kappa shape index (κ3) is 3.81. The van der Waals surface area contributed by atoms with E-state index in [0.717, 1.165) is 54.7 Å². The molecule has 3 aromatic rings. The highest BCUT2D eigenvalue weighted by Gasteiger charge is 2.59. The maximum atomic E-state index is 13.3. The number of carbonyl (C=O) groups is 1. The van der Waals surface area contributed by atoms with Crippen LogP contribution in [0.25, 0.3) is 5.69 Å². The van der Waals surface area contributed by atoms with Crippen molar-refractivity contribution in [1.29, 1.82) is 0 Å². The Kier molecular flexibility index (Phi) is 5.28. The molecule has 7 rings (SSSR count). The molecule has 0 radical (unpaired) electrons. The first kappa shape index (κ1) is 22.9. The molecule has 188 valence electrons. The minimum Gasteiger partial charge on any atom is -0.352 e. The Labute approximate surface area is 210 Å². The summed E-state index contributed by atoms with van der Waals surface area (Å²) in [7, 11) is 0. The molecule has 2 heterocycles. The number of aryl methyl sites for hydroxylation is 1. The van der Waals surface area contributed by atoms with E-state index >= 15 is 0 Å². The number of aromatic nitrogens is 4. The zero-order valence-corrected chi connectivity index (χ0v) is 20.8. The van der Waals surface area contributed by atoms with Crippen LogP contribution in [0.2, 0.25) is 0 Å². The van der Waals surface area contributed by atoms with Gasteiger partial charge in [0.1, 0.15) is 12.4 Å². The molecule has 4 aliphatic carbocycles. The highest BCUT2D eigenvalue weighted by Crippen LogP contribution is 2.65. The lowest BCUT2D eigenvalue weighted by Gasteiger charge is -2.61. The Morgan fingerprint density at radius 2 is 1.89 bits per heavy atom. The van der Waals surface area contributed by atoms with Gasteiger partial charge in [0.05, 0.1) is 21.8 Å². The van der Waals surface area contributed by atoms with Gasteiger partial charge < -0.3 is 5.32 Å². The molecule has 1 aromatic carbocycles. The standard InChI is InChI=1S/C27H32N6O3/c1-18-24(19(2)32(30-18)22-6-4-3-5-7-22)15-28-25(34)13-26-9-20-8-21(10-26)12-27(11-20,17-26)31-16-23(14-29-31)33(35)36/h3-7,14,16,20-21H,8-13,15,17H2,1-2H3,(H,28,34). The van der Waals surface area contributed by atoms with Crippen LogP contribution in [-0.2, 0) is 16.9 Å². The molecule has 9 nitrogen and oxygen atoms in total. The molecule has 36 heavy (non-hydrogen) atoms. The van der Waals surface area contributed by atoms with Gasteiger partial charge in [-0.25, -0.2) is 4.68 Å². The SMILES string of the molecule is Cc1nn(-c2ccccc2)c(C)c1CNC(=O)CC12CC3CC(C1)CC(n1cc([N+](=O)[O-])cn1)(C3)C2. The normalized spacial score (nSPS) is 28.4. The summed E-state index contributed by atoms with van der Waals surface area (Å²) in [4.78, 5) is 24.2. The van der Waals surface area contributed by atoms with Crippen LogP contribution < -0.4 is 5.32 Å². The number of hydrogen-bond acceptors (Lipinski definition) is 5. The Balaban J connectivity index is 1.18. The van der Waals surface area contributed by atoms with Crippen molar-refractivity contribution in [3.05, 3.63) is 69.8 Å². The molecule has 2 unspecified atom stereocenters. The van der Waals surface area contributed by atoms with Crippen molar-refractivity contribution in [1.82, 2.24) is 24.9 Å². The van der Waals surface area contributed by atoms with Gasteiger partial charge >= 0.3 is 5.69 Å². The fourth-order valence-corrected chi connectivity index (χ4v) is 7.89. The topological polar surface area (TPSA) is 108 Å². The maximum absolute atomic E-state index is 13.3. The average Bonchev–Trinajstić information content (AvgIpc) is 3.43. The third-order valence-corrected chi connectivity index (χ3v) is 8.86. The maximum Gasteiger partial charge on any atom is 0.307 e. The minimum atomic E-state index is -0.378. The number of carbonyl (C=O) groups excluding carboxylic acids is 1. The Morgan fingerprint density at radius 3 is 2.56 bits per heavy atom. The van der Waals surface area contributed by atoms with Crippen LogP contribution in [0.15, 0.2) is 42.7 Å². The van der Waals surface area contributed by atoms with Crippen molar-refractivity contribution in [2.75, 3.05) is 0 Å². The second-order valence-corrected chi connectivity index (χ2v) is 11.4. The molecule has 0 spiro atoms. The lowest BCUT2D eigenvalue weighted by Crippen LogP contribution is -2.57. The van der Waals surface area contributed by atoms with E-state index in [9.17, 15) is 14.9 Å². The molecular formula is C27H32N6O3. The zero-order chi connectivity index (χ0) is 25.1. The highest BCUT2D eigenvalue weighted by atomic mass is 16.6. The van der Waals surface area contributed by atoms with Crippen molar-refractivity contribution in [3.63, 3.8) is 0 Å². The summed E-state index contributed by atoms with van der Waals surface area (Å²) >= 11 is 0.